The van der Waals surface area contributed by atoms with E-state index in [0.29, 0.717) is 26.2 Å². The Kier molecular flexibility index (Phi) is 7.52. The van der Waals surface area contributed by atoms with Crippen LogP contribution in [-0.2, 0) is 22.5 Å². The first-order valence-corrected chi connectivity index (χ1v) is 12.8. The van der Waals surface area contributed by atoms with Crippen LogP contribution in [0.1, 0.15) is 18.9 Å². The lowest BCUT2D eigenvalue weighted by atomic mass is 10.0. The SMILES string of the molecule is CCCO[C@@H](Cc1ccc(OCCn2c3ccccc3c3cc(-c4ccccc4)ccc32)cc1)C(=O)O. The summed E-state index contributed by atoms with van der Waals surface area (Å²) in [6.45, 7) is 3.63. The number of rotatable bonds is 11. The number of carboxylic acid groups (broad SMARTS) is 1. The van der Waals surface area contributed by atoms with E-state index in [-0.39, 0.29) is 0 Å². The number of benzene rings is 4. The minimum absolute atomic E-state index is 0.335. The van der Waals surface area contributed by atoms with Crippen molar-refractivity contribution in [3.63, 3.8) is 0 Å². The third-order valence-electron chi connectivity index (χ3n) is 6.61. The molecule has 0 saturated heterocycles. The molecule has 0 unspecified atom stereocenters. The quantitative estimate of drug-likeness (QED) is 0.216. The van der Waals surface area contributed by atoms with Gasteiger partial charge in [-0.25, -0.2) is 4.79 Å². The molecule has 0 aliphatic heterocycles. The molecule has 1 atom stereocenters. The highest BCUT2D eigenvalue weighted by molar-refractivity contribution is 6.09. The minimum atomic E-state index is -0.934. The fourth-order valence-electron chi connectivity index (χ4n) is 4.77. The highest BCUT2D eigenvalue weighted by Gasteiger charge is 2.18. The van der Waals surface area contributed by atoms with Gasteiger partial charge in [-0.15, -0.1) is 0 Å². The Balaban J connectivity index is 1.30. The zero-order chi connectivity index (χ0) is 25.6. The van der Waals surface area contributed by atoms with Crippen LogP contribution in [0.25, 0.3) is 32.9 Å². The van der Waals surface area contributed by atoms with Crippen molar-refractivity contribution in [3.8, 4) is 16.9 Å². The summed E-state index contributed by atoms with van der Waals surface area (Å²) < 4.78 is 13.9. The van der Waals surface area contributed by atoms with Gasteiger partial charge in [0, 0.05) is 34.8 Å². The second-order valence-electron chi connectivity index (χ2n) is 9.16. The van der Waals surface area contributed by atoms with Crippen LogP contribution in [0.4, 0.5) is 0 Å². The summed E-state index contributed by atoms with van der Waals surface area (Å²) in [5.74, 6) is -0.173. The Labute approximate surface area is 216 Å². The zero-order valence-electron chi connectivity index (χ0n) is 21.0. The van der Waals surface area contributed by atoms with E-state index in [4.69, 9.17) is 9.47 Å². The fraction of sp³-hybridized carbons (Fsp3) is 0.219. The van der Waals surface area contributed by atoms with E-state index in [1.807, 2.05) is 37.3 Å². The van der Waals surface area contributed by atoms with Crippen LogP contribution in [0, 0.1) is 0 Å². The standard InChI is InChI=1S/C32H31NO4/c1-2-19-37-31(32(34)35)21-23-12-15-26(16-13-23)36-20-18-33-29-11-7-6-10-27(29)28-22-25(14-17-30(28)33)24-8-4-3-5-9-24/h3-17,22,31H,2,18-21H2,1H3,(H,34,35)/t31-/m0/s1. The van der Waals surface area contributed by atoms with Gasteiger partial charge in [0.1, 0.15) is 12.4 Å². The Morgan fingerprint density at radius 2 is 1.54 bits per heavy atom. The second-order valence-corrected chi connectivity index (χ2v) is 9.16. The van der Waals surface area contributed by atoms with Gasteiger partial charge in [0.15, 0.2) is 6.10 Å². The maximum absolute atomic E-state index is 11.5. The largest absolute Gasteiger partial charge is 0.492 e. The topological polar surface area (TPSA) is 60.7 Å². The van der Waals surface area contributed by atoms with Crippen molar-refractivity contribution in [1.82, 2.24) is 4.57 Å². The first-order valence-electron chi connectivity index (χ1n) is 12.8. The van der Waals surface area contributed by atoms with Gasteiger partial charge in [-0.3, -0.25) is 0 Å². The summed E-state index contributed by atoms with van der Waals surface area (Å²) in [7, 11) is 0. The normalized spacial score (nSPS) is 12.1. The molecule has 0 aliphatic rings. The van der Waals surface area contributed by atoms with E-state index in [1.54, 1.807) is 0 Å². The summed E-state index contributed by atoms with van der Waals surface area (Å²) in [4.78, 5) is 11.5. The lowest BCUT2D eigenvalue weighted by Crippen LogP contribution is -2.26. The number of aliphatic carboxylic acids is 1. The van der Waals surface area contributed by atoms with Gasteiger partial charge in [0.05, 0.1) is 6.54 Å². The first-order chi connectivity index (χ1) is 18.1. The predicted molar refractivity (Wildman–Crippen MR) is 148 cm³/mol. The van der Waals surface area contributed by atoms with Crippen LogP contribution in [-0.4, -0.2) is 35.0 Å². The molecule has 1 heterocycles. The van der Waals surface area contributed by atoms with E-state index in [1.165, 1.54) is 32.9 Å². The van der Waals surface area contributed by atoms with Crippen LogP contribution in [0.3, 0.4) is 0 Å². The molecule has 4 aromatic carbocycles. The molecule has 188 valence electrons. The number of aromatic nitrogens is 1. The van der Waals surface area contributed by atoms with Gasteiger partial charge in [0.2, 0.25) is 0 Å². The maximum Gasteiger partial charge on any atom is 0.333 e. The van der Waals surface area contributed by atoms with Crippen molar-refractivity contribution in [3.05, 3.63) is 103 Å². The van der Waals surface area contributed by atoms with Crippen LogP contribution in [0.2, 0.25) is 0 Å². The van der Waals surface area contributed by atoms with E-state index in [2.05, 4.69) is 71.3 Å². The Bertz CT molecular complexity index is 1490. The van der Waals surface area contributed by atoms with Crippen molar-refractivity contribution >= 4 is 27.8 Å². The monoisotopic (exact) mass is 493 g/mol. The number of para-hydroxylation sites is 1. The summed E-state index contributed by atoms with van der Waals surface area (Å²) >= 11 is 0. The van der Waals surface area contributed by atoms with Gasteiger partial charge in [-0.2, -0.15) is 0 Å². The lowest BCUT2D eigenvalue weighted by molar-refractivity contribution is -0.150. The van der Waals surface area contributed by atoms with Crippen molar-refractivity contribution < 1.29 is 19.4 Å². The molecule has 0 bridgehead atoms. The highest BCUT2D eigenvalue weighted by atomic mass is 16.5. The van der Waals surface area contributed by atoms with Gasteiger partial charge in [-0.05, 0) is 53.4 Å². The molecule has 0 fully saturated rings. The van der Waals surface area contributed by atoms with Crippen LogP contribution in [0.15, 0.2) is 97.1 Å². The molecule has 0 amide bonds. The van der Waals surface area contributed by atoms with Crippen molar-refractivity contribution in [1.29, 1.82) is 0 Å². The molecule has 37 heavy (non-hydrogen) atoms. The average molecular weight is 494 g/mol. The third-order valence-corrected chi connectivity index (χ3v) is 6.61. The smallest absolute Gasteiger partial charge is 0.333 e. The molecule has 0 saturated carbocycles. The number of ether oxygens (including phenoxy) is 2. The number of carboxylic acids is 1. The van der Waals surface area contributed by atoms with Gasteiger partial charge >= 0.3 is 5.97 Å². The maximum atomic E-state index is 11.5. The van der Waals surface area contributed by atoms with Crippen LogP contribution < -0.4 is 4.74 Å². The van der Waals surface area contributed by atoms with E-state index >= 15 is 0 Å². The Morgan fingerprint density at radius 1 is 0.811 bits per heavy atom. The molecule has 5 nitrogen and oxygen atoms in total. The lowest BCUT2D eigenvalue weighted by Gasteiger charge is -2.14. The molecule has 0 aliphatic carbocycles. The van der Waals surface area contributed by atoms with Gasteiger partial charge in [-0.1, -0.05) is 73.7 Å². The predicted octanol–water partition coefficient (Wildman–Crippen LogP) is 6.96. The molecular formula is C32H31NO4. The number of hydrogen-bond donors (Lipinski definition) is 1. The summed E-state index contributed by atoms with van der Waals surface area (Å²) in [6, 6.07) is 33.2. The Morgan fingerprint density at radius 3 is 2.30 bits per heavy atom. The van der Waals surface area contributed by atoms with Crippen LogP contribution >= 0.6 is 0 Å². The number of hydrogen-bond acceptors (Lipinski definition) is 3. The van der Waals surface area contributed by atoms with E-state index in [9.17, 15) is 9.90 Å². The summed E-state index contributed by atoms with van der Waals surface area (Å²) in [5.41, 5.74) is 5.70. The van der Waals surface area contributed by atoms with E-state index in [0.717, 1.165) is 17.7 Å². The molecule has 5 aromatic rings. The van der Waals surface area contributed by atoms with Gasteiger partial charge < -0.3 is 19.1 Å². The minimum Gasteiger partial charge on any atom is -0.492 e. The average Bonchev–Trinajstić information content (AvgIpc) is 3.25. The van der Waals surface area contributed by atoms with Crippen molar-refractivity contribution in [2.45, 2.75) is 32.4 Å². The molecule has 5 heteroatoms. The number of carbonyl (C=O) groups is 1. The fourth-order valence-corrected chi connectivity index (χ4v) is 4.77. The first kappa shape index (κ1) is 24.6. The molecule has 0 spiro atoms. The summed E-state index contributed by atoms with van der Waals surface area (Å²) in [6.07, 6.45) is 0.294. The number of nitrogens with zero attached hydrogens (tertiary/aromatic N) is 1. The third kappa shape index (κ3) is 5.52. The van der Waals surface area contributed by atoms with E-state index < -0.39 is 12.1 Å². The van der Waals surface area contributed by atoms with Crippen molar-refractivity contribution in [2.24, 2.45) is 0 Å². The Hall–Kier alpha value is -4.09. The number of fused-ring (bicyclic) bond motifs is 3. The van der Waals surface area contributed by atoms with Gasteiger partial charge in [0.25, 0.3) is 0 Å². The van der Waals surface area contributed by atoms with Crippen molar-refractivity contribution in [2.75, 3.05) is 13.2 Å². The van der Waals surface area contributed by atoms with Crippen LogP contribution in [0.5, 0.6) is 5.75 Å². The molecule has 1 N–H and O–H groups in total. The zero-order valence-corrected chi connectivity index (χ0v) is 21.0. The second kappa shape index (κ2) is 11.3. The molecule has 1 aromatic heterocycles. The molecule has 5 rings (SSSR count). The summed E-state index contributed by atoms with van der Waals surface area (Å²) in [5, 5.41) is 11.9. The molecular weight excluding hydrogens is 462 g/mol. The molecule has 0 radical (unpaired) electrons. The highest BCUT2D eigenvalue weighted by Crippen LogP contribution is 2.32.